The molecule has 8 nitrogen and oxygen atoms in total. The molecule has 1 unspecified atom stereocenters. The van der Waals surface area contributed by atoms with Gasteiger partial charge in [0.15, 0.2) is 0 Å². The van der Waals surface area contributed by atoms with Gasteiger partial charge in [0.25, 0.3) is 0 Å². The molecule has 3 aromatic carbocycles. The van der Waals surface area contributed by atoms with Crippen molar-refractivity contribution in [2.24, 2.45) is 0 Å². The van der Waals surface area contributed by atoms with E-state index in [1.807, 2.05) is 66.7 Å². The molecule has 3 aromatic rings. The highest BCUT2D eigenvalue weighted by Crippen LogP contribution is 2.54. The summed E-state index contributed by atoms with van der Waals surface area (Å²) in [6.45, 7) is 7.35. The maximum absolute atomic E-state index is 14.5. The van der Waals surface area contributed by atoms with E-state index in [-0.39, 0.29) is 25.4 Å². The number of hydrogen-bond donors (Lipinski definition) is 2. The molecule has 260 valence electrons. The van der Waals surface area contributed by atoms with Gasteiger partial charge in [0.1, 0.15) is 17.4 Å². The highest BCUT2D eigenvalue weighted by Gasteiger charge is 2.37. The van der Waals surface area contributed by atoms with E-state index in [1.165, 1.54) is 25.7 Å². The molecule has 0 saturated heterocycles. The summed E-state index contributed by atoms with van der Waals surface area (Å²) < 4.78 is 32.3. The molecule has 0 saturated carbocycles. The van der Waals surface area contributed by atoms with Crippen LogP contribution in [0.1, 0.15) is 94.9 Å². The normalized spacial score (nSPS) is 12.9. The van der Waals surface area contributed by atoms with Gasteiger partial charge in [-0.25, -0.2) is 4.79 Å². The summed E-state index contributed by atoms with van der Waals surface area (Å²) in [7, 11) is -3.36. The summed E-state index contributed by atoms with van der Waals surface area (Å²) in [5.41, 5.74) is 0.919. The lowest BCUT2D eigenvalue weighted by atomic mass is 9.92. The van der Waals surface area contributed by atoms with Crippen LogP contribution in [0.2, 0.25) is 0 Å². The second kappa shape index (κ2) is 19.4. The van der Waals surface area contributed by atoms with Gasteiger partial charge in [-0.05, 0) is 68.9 Å². The standard InChI is InChI=1S/C39H53N2O6P/c1-5-6-7-8-9-16-25-45-36-22-21-32(26-35(36)27-40)23-24-39(30-42,41-37(43)47-38(2,3)4)31-46-48(44,28-33-17-12-10-13-18-33)29-34-19-14-11-15-20-34/h10-15,17-22,26,42H,5-9,16,23-25,28-31H2,1-4H3,(H,41,43). The van der Waals surface area contributed by atoms with E-state index in [2.05, 4.69) is 18.3 Å². The predicted molar refractivity (Wildman–Crippen MR) is 191 cm³/mol. The summed E-state index contributed by atoms with van der Waals surface area (Å²) in [6, 6.07) is 26.7. The minimum absolute atomic E-state index is 0.197. The highest BCUT2D eigenvalue weighted by molar-refractivity contribution is 7.57. The molecule has 0 aromatic heterocycles. The molecule has 0 aliphatic carbocycles. The number of aliphatic hydroxyl groups excluding tert-OH is 1. The molecule has 48 heavy (non-hydrogen) atoms. The van der Waals surface area contributed by atoms with Crippen LogP contribution in [0.15, 0.2) is 78.9 Å². The Labute approximate surface area is 287 Å². The maximum atomic E-state index is 14.5. The first-order valence-electron chi connectivity index (χ1n) is 17.1. The molecule has 0 aliphatic rings. The van der Waals surface area contributed by atoms with E-state index < -0.39 is 31.2 Å². The molecular formula is C39H53N2O6P. The Morgan fingerprint density at radius 1 is 0.875 bits per heavy atom. The van der Waals surface area contributed by atoms with Gasteiger partial charge in [0, 0.05) is 0 Å². The zero-order chi connectivity index (χ0) is 34.9. The number of unbranched alkanes of at least 4 members (excludes halogenated alkanes) is 5. The van der Waals surface area contributed by atoms with Crippen LogP contribution in [-0.4, -0.2) is 42.2 Å². The van der Waals surface area contributed by atoms with Crippen LogP contribution in [0.25, 0.3) is 0 Å². The number of nitrogens with one attached hydrogen (secondary N) is 1. The molecule has 2 N–H and O–H groups in total. The van der Waals surface area contributed by atoms with E-state index in [0.29, 0.717) is 24.3 Å². The van der Waals surface area contributed by atoms with Crippen molar-refractivity contribution in [3.8, 4) is 11.8 Å². The fraction of sp³-hybridized carbons (Fsp3) is 0.487. The number of alkyl carbamates (subject to hydrolysis) is 1. The number of benzene rings is 3. The predicted octanol–water partition coefficient (Wildman–Crippen LogP) is 9.18. The molecule has 0 bridgehead atoms. The van der Waals surface area contributed by atoms with Gasteiger partial charge < -0.3 is 24.4 Å². The number of carbonyl (C=O) groups is 1. The van der Waals surface area contributed by atoms with Crippen molar-refractivity contribution in [2.45, 2.75) is 103 Å². The van der Waals surface area contributed by atoms with Crippen LogP contribution in [-0.2, 0) is 32.6 Å². The van der Waals surface area contributed by atoms with Crippen LogP contribution in [0.4, 0.5) is 4.79 Å². The highest BCUT2D eigenvalue weighted by atomic mass is 31.2. The van der Waals surface area contributed by atoms with E-state index in [1.54, 1.807) is 32.9 Å². The van der Waals surface area contributed by atoms with Crippen molar-refractivity contribution in [2.75, 3.05) is 19.8 Å². The average molecular weight is 677 g/mol. The first kappa shape index (κ1) is 38.8. The fourth-order valence-electron chi connectivity index (χ4n) is 5.36. The minimum atomic E-state index is -3.36. The molecule has 1 amide bonds. The first-order valence-corrected chi connectivity index (χ1v) is 19.1. The van der Waals surface area contributed by atoms with Crippen LogP contribution in [0.3, 0.4) is 0 Å². The average Bonchev–Trinajstić information content (AvgIpc) is 3.06. The number of rotatable bonds is 20. The van der Waals surface area contributed by atoms with Crippen molar-refractivity contribution in [1.29, 1.82) is 5.26 Å². The molecule has 0 spiro atoms. The van der Waals surface area contributed by atoms with Gasteiger partial charge >= 0.3 is 6.09 Å². The Morgan fingerprint density at radius 3 is 2.04 bits per heavy atom. The summed E-state index contributed by atoms with van der Waals surface area (Å²) in [5.74, 6) is 0.543. The summed E-state index contributed by atoms with van der Waals surface area (Å²) >= 11 is 0. The number of nitriles is 1. The van der Waals surface area contributed by atoms with Crippen molar-refractivity contribution in [3.05, 3.63) is 101 Å². The third kappa shape index (κ3) is 13.8. The van der Waals surface area contributed by atoms with Crippen LogP contribution in [0, 0.1) is 11.3 Å². The van der Waals surface area contributed by atoms with Crippen LogP contribution in [0.5, 0.6) is 5.75 Å². The Balaban J connectivity index is 1.79. The van der Waals surface area contributed by atoms with Gasteiger partial charge in [0.05, 0.1) is 43.2 Å². The smallest absolute Gasteiger partial charge is 0.408 e. The molecule has 9 heteroatoms. The third-order valence-electron chi connectivity index (χ3n) is 7.99. The SMILES string of the molecule is CCCCCCCCOc1ccc(CCC(CO)(COP(=O)(Cc2ccccc2)Cc2ccccc2)NC(=O)OC(C)(C)C)cc1C#N. The second-order valence-corrected chi connectivity index (χ2v) is 16.0. The number of aryl methyl sites for hydroxylation is 1. The van der Waals surface area contributed by atoms with Crippen LogP contribution < -0.4 is 10.1 Å². The largest absolute Gasteiger partial charge is 0.492 e. The maximum Gasteiger partial charge on any atom is 0.408 e. The Morgan fingerprint density at radius 2 is 1.48 bits per heavy atom. The Bertz CT molecular complexity index is 1440. The molecular weight excluding hydrogens is 623 g/mol. The van der Waals surface area contributed by atoms with Gasteiger partial charge in [-0.3, -0.25) is 4.57 Å². The van der Waals surface area contributed by atoms with E-state index in [9.17, 15) is 19.7 Å². The number of nitrogens with zero attached hydrogens (tertiary/aromatic N) is 1. The lowest BCUT2D eigenvalue weighted by Crippen LogP contribution is -2.56. The molecule has 0 heterocycles. The monoisotopic (exact) mass is 676 g/mol. The minimum Gasteiger partial charge on any atom is -0.492 e. The zero-order valence-corrected chi connectivity index (χ0v) is 30.0. The lowest BCUT2D eigenvalue weighted by Gasteiger charge is -2.35. The number of carbonyl (C=O) groups excluding carboxylic acids is 1. The summed E-state index contributed by atoms with van der Waals surface area (Å²) in [6.07, 6.45) is 7.22. The summed E-state index contributed by atoms with van der Waals surface area (Å²) in [4.78, 5) is 13.1. The van der Waals surface area contributed by atoms with E-state index in [4.69, 9.17) is 14.0 Å². The molecule has 0 radical (unpaired) electrons. The van der Waals surface area contributed by atoms with E-state index in [0.717, 1.165) is 29.5 Å². The second-order valence-electron chi connectivity index (χ2n) is 13.5. The van der Waals surface area contributed by atoms with Crippen molar-refractivity contribution in [1.82, 2.24) is 5.32 Å². The number of hydrogen-bond acceptors (Lipinski definition) is 7. The van der Waals surface area contributed by atoms with Crippen molar-refractivity contribution < 1.29 is 28.5 Å². The number of amides is 1. The van der Waals surface area contributed by atoms with Crippen molar-refractivity contribution >= 4 is 13.5 Å². The zero-order valence-electron chi connectivity index (χ0n) is 29.1. The molecule has 0 aliphatic heterocycles. The lowest BCUT2D eigenvalue weighted by molar-refractivity contribution is 0.0303. The molecule has 0 fully saturated rings. The topological polar surface area (TPSA) is 118 Å². The van der Waals surface area contributed by atoms with Crippen molar-refractivity contribution in [3.63, 3.8) is 0 Å². The first-order chi connectivity index (χ1) is 23.0. The Kier molecular flexibility index (Phi) is 15.7. The van der Waals surface area contributed by atoms with Gasteiger partial charge in [-0.1, -0.05) is 106 Å². The molecule has 1 atom stereocenters. The Hall–Kier alpha value is -3.63. The fourth-order valence-corrected chi connectivity index (χ4v) is 7.67. The summed E-state index contributed by atoms with van der Waals surface area (Å²) in [5, 5.41) is 23.5. The number of aliphatic hydroxyl groups is 1. The van der Waals surface area contributed by atoms with Gasteiger partial charge in [-0.2, -0.15) is 5.26 Å². The van der Waals surface area contributed by atoms with Crippen LogP contribution >= 0.6 is 7.37 Å². The van der Waals surface area contributed by atoms with Gasteiger partial charge in [-0.15, -0.1) is 0 Å². The van der Waals surface area contributed by atoms with Gasteiger partial charge in [0.2, 0.25) is 7.37 Å². The molecule has 3 rings (SSSR count). The number of ether oxygens (including phenoxy) is 2. The third-order valence-corrected chi connectivity index (χ3v) is 10.3. The van der Waals surface area contributed by atoms with E-state index >= 15 is 0 Å². The quantitative estimate of drug-likeness (QED) is 0.0905.